The molecule has 2 aliphatic heterocycles. The van der Waals surface area contributed by atoms with E-state index in [1.807, 2.05) is 23.5 Å². The third-order valence-corrected chi connectivity index (χ3v) is 8.19. The van der Waals surface area contributed by atoms with Crippen LogP contribution < -0.4 is 0 Å². The zero-order valence-corrected chi connectivity index (χ0v) is 17.3. The van der Waals surface area contributed by atoms with Crippen LogP contribution >= 0.6 is 23.5 Å². The van der Waals surface area contributed by atoms with E-state index in [0.717, 1.165) is 13.0 Å². The topological polar surface area (TPSA) is 3.24 Å². The van der Waals surface area contributed by atoms with E-state index in [1.54, 1.807) is 0 Å². The van der Waals surface area contributed by atoms with Gasteiger partial charge in [-0.15, -0.1) is 23.5 Å². The van der Waals surface area contributed by atoms with Gasteiger partial charge < -0.3 is 0 Å². The molecule has 3 aromatic rings. The number of rotatable bonds is 3. The van der Waals surface area contributed by atoms with Crippen LogP contribution in [0.1, 0.15) is 38.6 Å². The number of thioether (sulfide) groups is 2. The largest absolute Gasteiger partial charge is 0.271 e. The summed E-state index contributed by atoms with van der Waals surface area (Å²) in [4.78, 5) is 5.61. The van der Waals surface area contributed by atoms with Crippen LogP contribution in [0.25, 0.3) is 0 Å². The minimum atomic E-state index is 0.407. The monoisotopic (exact) mass is 389 g/mol. The zero-order chi connectivity index (χ0) is 18.4. The van der Waals surface area contributed by atoms with Gasteiger partial charge in [0.25, 0.3) is 0 Å². The zero-order valence-electron chi connectivity index (χ0n) is 15.7. The number of nitrogens with zero attached hydrogens (tertiary/aromatic N) is 1. The van der Waals surface area contributed by atoms with Crippen LogP contribution in [0.5, 0.6) is 0 Å². The highest BCUT2D eigenvalue weighted by Gasteiger charge is 2.41. The standard InChI is InChI=1S/C24H23NS2/c1-16-8-10-21-19(14-16)23-25(13-12-18-6-4-3-5-7-18)24(26-21)20-15-17(2)9-11-22(20)27-23/h3-11,14-15,23-24H,12-13H2,1-2H3/t23-,24-/m1/s1. The Hall–Kier alpha value is -1.68. The summed E-state index contributed by atoms with van der Waals surface area (Å²) in [6, 6.07) is 24.8. The predicted octanol–water partition coefficient (Wildman–Crippen LogP) is 6.76. The Labute approximate surface area is 170 Å². The Morgan fingerprint density at radius 3 is 1.85 bits per heavy atom. The van der Waals surface area contributed by atoms with Crippen LogP contribution in [0.3, 0.4) is 0 Å². The van der Waals surface area contributed by atoms with E-state index in [4.69, 9.17) is 0 Å². The van der Waals surface area contributed by atoms with E-state index in [0.29, 0.717) is 10.7 Å². The van der Waals surface area contributed by atoms with E-state index in [2.05, 4.69) is 85.5 Å². The summed E-state index contributed by atoms with van der Waals surface area (Å²) in [5.41, 5.74) is 7.10. The summed E-state index contributed by atoms with van der Waals surface area (Å²) in [7, 11) is 0. The molecule has 0 fully saturated rings. The van der Waals surface area contributed by atoms with Crippen LogP contribution in [0.15, 0.2) is 76.5 Å². The molecular weight excluding hydrogens is 366 g/mol. The number of aryl methyl sites for hydroxylation is 2. The molecule has 0 amide bonds. The molecule has 0 radical (unpaired) electrons. The van der Waals surface area contributed by atoms with Gasteiger partial charge >= 0.3 is 0 Å². The molecule has 2 heterocycles. The molecular formula is C24H23NS2. The van der Waals surface area contributed by atoms with E-state index in [9.17, 15) is 0 Å². The molecule has 0 unspecified atom stereocenters. The Morgan fingerprint density at radius 1 is 0.741 bits per heavy atom. The molecule has 2 atom stereocenters. The van der Waals surface area contributed by atoms with Crippen molar-refractivity contribution in [3.63, 3.8) is 0 Å². The maximum absolute atomic E-state index is 2.71. The lowest BCUT2D eigenvalue weighted by Crippen LogP contribution is -2.37. The molecule has 0 saturated carbocycles. The Bertz CT molecular complexity index is 923. The Kier molecular flexibility index (Phi) is 4.55. The molecule has 136 valence electrons. The van der Waals surface area contributed by atoms with E-state index >= 15 is 0 Å². The first-order valence-electron chi connectivity index (χ1n) is 9.53. The molecule has 1 nitrogen and oxygen atoms in total. The summed E-state index contributed by atoms with van der Waals surface area (Å²) in [6.07, 6.45) is 1.09. The minimum Gasteiger partial charge on any atom is -0.271 e. The molecule has 0 aliphatic carbocycles. The van der Waals surface area contributed by atoms with Gasteiger partial charge in [-0.25, -0.2) is 0 Å². The van der Waals surface area contributed by atoms with Gasteiger partial charge in [-0.05, 0) is 49.1 Å². The van der Waals surface area contributed by atoms with E-state index < -0.39 is 0 Å². The van der Waals surface area contributed by atoms with E-state index in [-0.39, 0.29) is 0 Å². The van der Waals surface area contributed by atoms with Crippen LogP contribution in [-0.2, 0) is 6.42 Å². The number of fused-ring (bicyclic) bond motifs is 6. The summed E-state index contributed by atoms with van der Waals surface area (Å²) < 4.78 is 0. The molecule has 2 aliphatic rings. The van der Waals surface area contributed by atoms with Gasteiger partial charge in [-0.3, -0.25) is 4.90 Å². The molecule has 27 heavy (non-hydrogen) atoms. The molecule has 3 aromatic carbocycles. The average molecular weight is 390 g/mol. The lowest BCUT2D eigenvalue weighted by atomic mass is 10.1. The fourth-order valence-corrected chi connectivity index (χ4v) is 7.04. The average Bonchev–Trinajstić information content (AvgIpc) is 2.68. The SMILES string of the molecule is Cc1ccc2c(c1)[C@H]1Sc3ccc(C)cc3[C@@H](S2)N1CCc1ccccc1. The predicted molar refractivity (Wildman–Crippen MR) is 116 cm³/mol. The molecule has 0 N–H and O–H groups in total. The molecule has 0 spiro atoms. The molecule has 0 saturated heterocycles. The van der Waals surface area contributed by atoms with Gasteiger partial charge in [0.2, 0.25) is 0 Å². The number of hydrogen-bond acceptors (Lipinski definition) is 3. The molecule has 3 heteroatoms. The van der Waals surface area contributed by atoms with Gasteiger partial charge in [0.15, 0.2) is 0 Å². The van der Waals surface area contributed by atoms with Gasteiger partial charge in [-0.2, -0.15) is 0 Å². The maximum Gasteiger partial charge on any atom is 0.0883 e. The second kappa shape index (κ2) is 7.05. The highest BCUT2D eigenvalue weighted by molar-refractivity contribution is 8.01. The smallest absolute Gasteiger partial charge is 0.0883 e. The molecule has 5 rings (SSSR count). The number of benzene rings is 3. The van der Waals surface area contributed by atoms with Gasteiger partial charge in [0.05, 0.1) is 10.7 Å². The van der Waals surface area contributed by atoms with Gasteiger partial charge in [0, 0.05) is 16.3 Å². The van der Waals surface area contributed by atoms with Crippen LogP contribution in [0.4, 0.5) is 0 Å². The quantitative estimate of drug-likeness (QED) is 0.487. The van der Waals surface area contributed by atoms with Crippen molar-refractivity contribution >= 4 is 23.5 Å². The highest BCUT2D eigenvalue weighted by Crippen LogP contribution is 2.60. The van der Waals surface area contributed by atoms with Crippen molar-refractivity contribution in [2.45, 2.75) is 40.8 Å². The van der Waals surface area contributed by atoms with E-state index in [1.165, 1.54) is 37.6 Å². The molecule has 2 bridgehead atoms. The first-order valence-corrected chi connectivity index (χ1v) is 11.3. The third kappa shape index (κ3) is 3.22. The summed E-state index contributed by atoms with van der Waals surface area (Å²) in [6.45, 7) is 5.49. The lowest BCUT2D eigenvalue weighted by molar-refractivity contribution is 0.230. The fourth-order valence-electron chi connectivity index (χ4n) is 4.06. The first-order chi connectivity index (χ1) is 13.2. The van der Waals surface area contributed by atoms with Crippen molar-refractivity contribution in [2.75, 3.05) is 6.54 Å². The van der Waals surface area contributed by atoms with Crippen molar-refractivity contribution in [3.8, 4) is 0 Å². The van der Waals surface area contributed by atoms with Crippen molar-refractivity contribution in [1.82, 2.24) is 4.90 Å². The lowest BCUT2D eigenvalue weighted by Gasteiger charge is -2.46. The first kappa shape index (κ1) is 17.4. The van der Waals surface area contributed by atoms with Gasteiger partial charge in [0.1, 0.15) is 0 Å². The van der Waals surface area contributed by atoms with Crippen molar-refractivity contribution < 1.29 is 0 Å². The maximum atomic E-state index is 2.71. The van der Waals surface area contributed by atoms with Crippen LogP contribution in [0, 0.1) is 13.8 Å². The fraction of sp³-hybridized carbons (Fsp3) is 0.250. The summed E-state index contributed by atoms with van der Waals surface area (Å²) >= 11 is 4.06. The van der Waals surface area contributed by atoms with Crippen molar-refractivity contribution in [3.05, 3.63) is 94.5 Å². The normalized spacial score (nSPS) is 20.8. The second-order valence-corrected chi connectivity index (χ2v) is 9.74. The van der Waals surface area contributed by atoms with Crippen LogP contribution in [-0.4, -0.2) is 11.4 Å². The van der Waals surface area contributed by atoms with Crippen LogP contribution in [0.2, 0.25) is 0 Å². The Morgan fingerprint density at radius 2 is 1.30 bits per heavy atom. The summed E-state index contributed by atoms with van der Waals surface area (Å²) in [5.74, 6) is 0. The number of hydrogen-bond donors (Lipinski definition) is 0. The highest BCUT2D eigenvalue weighted by atomic mass is 32.2. The van der Waals surface area contributed by atoms with Gasteiger partial charge in [-0.1, -0.05) is 65.7 Å². The molecule has 0 aromatic heterocycles. The second-order valence-electron chi connectivity index (χ2n) is 7.50. The summed E-state index contributed by atoms with van der Waals surface area (Å²) in [5, 5.41) is 0.815. The minimum absolute atomic E-state index is 0.407. The van der Waals surface area contributed by atoms with Crippen molar-refractivity contribution in [2.24, 2.45) is 0 Å². The Balaban J connectivity index is 1.54. The third-order valence-electron chi connectivity index (χ3n) is 5.44. The van der Waals surface area contributed by atoms with Crippen molar-refractivity contribution in [1.29, 1.82) is 0 Å².